The van der Waals surface area contributed by atoms with E-state index < -0.39 is 0 Å². The van der Waals surface area contributed by atoms with Gasteiger partial charge in [-0.15, -0.1) is 0 Å². The standard InChI is InChI=1S/C62H38N2O.C61H37N3O/c1-2-15-39(16-3-1)58-50-23-8-10-25-52(50)61(53-26-11-9-24-51(53)58)55-28-12-27-54-56-36-40(29-30-57(56)65-62(54)55)59-46-19-4-6-21-48(46)60(49-22-7-5-20-47(49)59)45-34-43(41-17-13-31-63-37-41)33-44(35-45)42-18-14-32-64-38-42;1-4-19-38(20-5-1)54-42-25-10-14-29-46(42)56(47-30-15-11-26-43(47)54)51-34-18-33-50-52-37-41(35-36-53(52)65-58(50)51)55-44-27-12-16-31-48(44)57(49-32-17-13-28-45(49)55)61-63-59(39-21-6-2-7-22-39)62-60(64-61)40-23-8-3-9-24-40/h1-38H;1-37H. The molecule has 0 saturated carbocycles. The number of fused-ring (bicyclic) bond motifs is 14. The van der Waals surface area contributed by atoms with Crippen LogP contribution in [0.3, 0.4) is 0 Å². The fourth-order valence-corrected chi connectivity index (χ4v) is 20.5. The molecule has 26 rings (SSSR count). The average molecular weight is 1650 g/mol. The number of aromatic nitrogens is 5. The lowest BCUT2D eigenvalue weighted by atomic mass is 9.84. The summed E-state index contributed by atoms with van der Waals surface area (Å²) in [5.41, 5.74) is 27.1. The van der Waals surface area contributed by atoms with Crippen LogP contribution in [0.4, 0.5) is 0 Å². The molecule has 0 N–H and O–H groups in total. The van der Waals surface area contributed by atoms with Crippen LogP contribution in [-0.4, -0.2) is 24.9 Å². The van der Waals surface area contributed by atoms with Crippen LogP contribution < -0.4 is 0 Å². The first kappa shape index (κ1) is 75.2. The van der Waals surface area contributed by atoms with Crippen LogP contribution in [0.2, 0.25) is 0 Å². The van der Waals surface area contributed by atoms with Crippen molar-refractivity contribution in [1.82, 2.24) is 24.9 Å². The number of benzene rings is 21. The van der Waals surface area contributed by atoms with Crippen LogP contribution in [-0.2, 0) is 0 Å². The van der Waals surface area contributed by atoms with E-state index >= 15 is 0 Å². The fraction of sp³-hybridized carbons (Fsp3) is 0. The predicted octanol–water partition coefficient (Wildman–Crippen LogP) is 33.4. The Hall–Kier alpha value is -17.4. The van der Waals surface area contributed by atoms with Crippen molar-refractivity contribution in [2.45, 2.75) is 0 Å². The Morgan fingerprint density at radius 3 is 0.715 bits per heavy atom. The Labute approximate surface area is 748 Å². The van der Waals surface area contributed by atoms with Gasteiger partial charge in [0.25, 0.3) is 0 Å². The molecule has 0 fully saturated rings. The highest BCUT2D eigenvalue weighted by atomic mass is 16.3. The molecule has 21 aromatic carbocycles. The van der Waals surface area contributed by atoms with Crippen LogP contribution in [0, 0.1) is 0 Å². The summed E-state index contributed by atoms with van der Waals surface area (Å²) in [6, 6.07) is 154. The summed E-state index contributed by atoms with van der Waals surface area (Å²) in [5, 5.41) is 23.2. The molecule has 7 heteroatoms. The van der Waals surface area contributed by atoms with Gasteiger partial charge in [-0.1, -0.05) is 376 Å². The van der Waals surface area contributed by atoms with Gasteiger partial charge in [-0.05, 0) is 208 Å². The van der Waals surface area contributed by atoms with Crippen molar-refractivity contribution in [3.8, 4) is 134 Å². The molecule has 130 heavy (non-hydrogen) atoms. The molecule has 0 aliphatic rings. The Morgan fingerprint density at radius 1 is 0.146 bits per heavy atom. The number of rotatable bonds is 12. The first-order chi connectivity index (χ1) is 64.5. The third-order valence-corrected chi connectivity index (χ3v) is 26.1. The smallest absolute Gasteiger partial charge is 0.165 e. The molecule has 0 aliphatic carbocycles. The number of pyridine rings is 2. The zero-order chi connectivity index (χ0) is 85.7. The number of hydrogen-bond donors (Lipinski definition) is 0. The summed E-state index contributed by atoms with van der Waals surface area (Å²) < 4.78 is 13.9. The highest BCUT2D eigenvalue weighted by molar-refractivity contribution is 6.29. The maximum Gasteiger partial charge on any atom is 0.165 e. The lowest BCUT2D eigenvalue weighted by Gasteiger charge is -2.19. The first-order valence-corrected chi connectivity index (χ1v) is 44.1. The molecule has 0 unspecified atom stereocenters. The fourth-order valence-electron chi connectivity index (χ4n) is 20.5. The van der Waals surface area contributed by atoms with E-state index in [1.54, 1.807) is 0 Å². The van der Waals surface area contributed by atoms with Crippen molar-refractivity contribution in [1.29, 1.82) is 0 Å². The Balaban J connectivity index is 0.000000140. The van der Waals surface area contributed by atoms with E-state index in [1.165, 1.54) is 109 Å². The van der Waals surface area contributed by atoms with Crippen molar-refractivity contribution in [3.63, 3.8) is 0 Å². The Bertz CT molecular complexity index is 8160. The maximum absolute atomic E-state index is 6.98. The van der Waals surface area contributed by atoms with Crippen molar-refractivity contribution in [2.24, 2.45) is 0 Å². The van der Waals surface area contributed by atoms with Gasteiger partial charge in [0.05, 0.1) is 0 Å². The molecule has 604 valence electrons. The van der Waals surface area contributed by atoms with E-state index in [1.807, 2.05) is 73.3 Å². The van der Waals surface area contributed by atoms with Gasteiger partial charge in [0, 0.05) is 96.4 Å². The van der Waals surface area contributed by atoms with Crippen molar-refractivity contribution < 1.29 is 8.83 Å². The number of furan rings is 2. The minimum absolute atomic E-state index is 0.636. The maximum atomic E-state index is 6.98. The second-order valence-corrected chi connectivity index (χ2v) is 33.4. The average Bonchev–Trinajstić information content (AvgIpc) is 1.70. The van der Waals surface area contributed by atoms with Gasteiger partial charge in [-0.3, -0.25) is 9.97 Å². The molecule has 0 amide bonds. The van der Waals surface area contributed by atoms with Crippen LogP contribution in [0.1, 0.15) is 0 Å². The number of hydrogen-bond acceptors (Lipinski definition) is 7. The van der Waals surface area contributed by atoms with E-state index in [9.17, 15) is 0 Å². The second kappa shape index (κ2) is 31.4. The minimum Gasteiger partial charge on any atom is -0.455 e. The molecule has 26 aromatic rings. The second-order valence-electron chi connectivity index (χ2n) is 33.4. The van der Waals surface area contributed by atoms with Gasteiger partial charge in [-0.2, -0.15) is 0 Å². The van der Waals surface area contributed by atoms with Crippen LogP contribution in [0.15, 0.2) is 464 Å². The third-order valence-electron chi connectivity index (χ3n) is 26.1. The van der Waals surface area contributed by atoms with E-state index in [0.29, 0.717) is 17.5 Å². The molecule has 5 aromatic heterocycles. The van der Waals surface area contributed by atoms with Gasteiger partial charge >= 0.3 is 0 Å². The van der Waals surface area contributed by atoms with Crippen molar-refractivity contribution >= 4 is 130 Å². The third kappa shape index (κ3) is 12.6. The van der Waals surface area contributed by atoms with Crippen LogP contribution >= 0.6 is 0 Å². The monoisotopic (exact) mass is 1650 g/mol. The summed E-state index contributed by atoms with van der Waals surface area (Å²) in [6.07, 6.45) is 7.53. The highest BCUT2D eigenvalue weighted by Gasteiger charge is 2.28. The molecule has 0 atom stereocenters. The summed E-state index contributed by atoms with van der Waals surface area (Å²) in [7, 11) is 0. The lowest BCUT2D eigenvalue weighted by Crippen LogP contribution is -2.01. The van der Waals surface area contributed by atoms with Gasteiger partial charge in [0.15, 0.2) is 17.5 Å². The van der Waals surface area contributed by atoms with E-state index in [0.717, 1.165) is 138 Å². The van der Waals surface area contributed by atoms with Gasteiger partial charge < -0.3 is 8.83 Å². The largest absolute Gasteiger partial charge is 0.455 e. The quantitative estimate of drug-likeness (QED) is 0.113. The summed E-state index contributed by atoms with van der Waals surface area (Å²) in [6.45, 7) is 0. The summed E-state index contributed by atoms with van der Waals surface area (Å²) >= 11 is 0. The number of nitrogens with zero attached hydrogens (tertiary/aromatic N) is 5. The SMILES string of the molecule is c1ccc(-c2c3ccccc3c(-c3cccc4c3oc3ccc(-c5c6ccccc6c(-c6cc(-c7cccnc7)cc(-c7cccnc7)c6)c6ccccc56)cc34)c3ccccc23)cc1.c1ccc(-c2nc(-c3ccccc3)nc(-c3c4ccccc4c(-c4ccc5oc6c(-c7c8ccccc8c(-c8ccccc8)c8ccccc78)cccc6c5c4)c4ccccc34)n2)cc1. The zero-order valence-electron chi connectivity index (χ0n) is 70.4. The van der Waals surface area contributed by atoms with E-state index in [4.69, 9.17) is 23.8 Å². The van der Waals surface area contributed by atoms with Crippen molar-refractivity contribution in [3.05, 3.63) is 455 Å². The molecule has 0 radical (unpaired) electrons. The number of para-hydroxylation sites is 2. The Morgan fingerprint density at radius 2 is 0.400 bits per heavy atom. The normalized spacial score (nSPS) is 11.7. The molecule has 5 heterocycles. The minimum atomic E-state index is 0.636. The van der Waals surface area contributed by atoms with Crippen LogP contribution in [0.25, 0.3) is 264 Å². The molecular weight excluding hydrogens is 1580 g/mol. The lowest BCUT2D eigenvalue weighted by molar-refractivity contribution is 0.670. The molecular formula is C123H75N5O2. The van der Waals surface area contributed by atoms with Gasteiger partial charge in [0.2, 0.25) is 0 Å². The topological polar surface area (TPSA) is 90.7 Å². The van der Waals surface area contributed by atoms with Gasteiger partial charge in [0.1, 0.15) is 22.3 Å². The Kier molecular flexibility index (Phi) is 18.1. The predicted molar refractivity (Wildman–Crippen MR) is 542 cm³/mol. The molecule has 7 nitrogen and oxygen atoms in total. The van der Waals surface area contributed by atoms with E-state index in [-0.39, 0.29) is 0 Å². The summed E-state index contributed by atoms with van der Waals surface area (Å²) in [4.78, 5) is 24.4. The first-order valence-electron chi connectivity index (χ1n) is 44.1. The highest BCUT2D eigenvalue weighted by Crippen LogP contribution is 2.53. The molecule has 0 bridgehead atoms. The molecule has 0 spiro atoms. The molecule has 0 aliphatic heterocycles. The van der Waals surface area contributed by atoms with Crippen LogP contribution in [0.5, 0.6) is 0 Å². The van der Waals surface area contributed by atoms with Crippen molar-refractivity contribution in [2.75, 3.05) is 0 Å². The molecule has 0 saturated heterocycles. The summed E-state index contributed by atoms with van der Waals surface area (Å²) in [5.74, 6) is 1.91. The van der Waals surface area contributed by atoms with E-state index in [2.05, 4.69) is 392 Å². The van der Waals surface area contributed by atoms with Gasteiger partial charge in [-0.25, -0.2) is 15.0 Å². The zero-order valence-corrected chi connectivity index (χ0v) is 70.4.